The average Bonchev–Trinajstić information content (AvgIpc) is 1.67. The third-order valence-corrected chi connectivity index (χ3v) is 25.5. The van der Waals surface area contributed by atoms with Crippen molar-refractivity contribution in [1.82, 2.24) is 4.57 Å². The van der Waals surface area contributed by atoms with Crippen LogP contribution in [-0.4, -0.2) is 11.3 Å². The zero-order chi connectivity index (χ0) is 80.2. The average molecular weight is 1510 g/mol. The molecule has 2 aromatic heterocycles. The van der Waals surface area contributed by atoms with E-state index in [1.165, 1.54) is 80.7 Å². The summed E-state index contributed by atoms with van der Waals surface area (Å²) in [5, 5.41) is 4.94. The largest absolute Gasteiger partial charge is 0.311 e. The van der Waals surface area contributed by atoms with Gasteiger partial charge in [0.15, 0.2) is 0 Å². The molecule has 5 nitrogen and oxygen atoms in total. The van der Waals surface area contributed by atoms with Gasteiger partial charge in [-0.05, 0) is 215 Å². The number of nitrogens with zero attached hydrogens (tertiary/aromatic N) is 5. The molecule has 570 valence electrons. The Labute approximate surface area is 685 Å². The molecule has 0 aliphatic carbocycles. The molecule has 4 heterocycles. The molecule has 0 fully saturated rings. The van der Waals surface area contributed by atoms with Crippen molar-refractivity contribution in [2.45, 2.75) is 157 Å². The molecule has 2 aliphatic heterocycles. The maximum absolute atomic E-state index is 2.71. The van der Waals surface area contributed by atoms with Crippen molar-refractivity contribution in [1.29, 1.82) is 0 Å². The molecule has 2 aliphatic rings. The van der Waals surface area contributed by atoms with Crippen molar-refractivity contribution in [2.24, 2.45) is 0 Å². The van der Waals surface area contributed by atoms with Crippen LogP contribution in [0.1, 0.15) is 158 Å². The number of hydrogen-bond donors (Lipinski definition) is 0. The molecule has 18 rings (SSSR count). The molecule has 0 bridgehead atoms. The third kappa shape index (κ3) is 13.1. The van der Waals surface area contributed by atoms with E-state index in [0.29, 0.717) is 0 Å². The summed E-state index contributed by atoms with van der Waals surface area (Å²) in [4.78, 5) is 10.5. The normalized spacial score (nSPS) is 13.3. The number of hydrogen-bond acceptors (Lipinski definition) is 5. The van der Waals surface area contributed by atoms with Crippen LogP contribution in [0, 0.1) is 0 Å². The Kier molecular flexibility index (Phi) is 17.9. The maximum atomic E-state index is 2.71. The molecule has 0 amide bonds. The van der Waals surface area contributed by atoms with E-state index in [4.69, 9.17) is 0 Å². The summed E-state index contributed by atoms with van der Waals surface area (Å²) in [6, 6.07) is 117. The first-order valence-corrected chi connectivity index (χ1v) is 42.0. The first-order chi connectivity index (χ1) is 54.8. The van der Waals surface area contributed by atoms with Crippen molar-refractivity contribution in [3.05, 3.63) is 337 Å². The topological polar surface area (TPSA) is 17.9 Å². The molecule has 0 N–H and O–H groups in total. The van der Waals surface area contributed by atoms with Gasteiger partial charge < -0.3 is 24.2 Å². The minimum absolute atomic E-state index is 0.0492. The highest BCUT2D eigenvalue weighted by molar-refractivity contribution is 7.28. The van der Waals surface area contributed by atoms with Crippen molar-refractivity contribution < 1.29 is 0 Å². The van der Waals surface area contributed by atoms with Gasteiger partial charge in [0, 0.05) is 93.3 Å². The van der Waals surface area contributed by atoms with Crippen LogP contribution in [0.5, 0.6) is 0 Å². The van der Waals surface area contributed by atoms with E-state index in [0.717, 1.165) is 107 Å². The molecule has 14 aromatic carbocycles. The number of thiophene rings is 1. The molecule has 16 aromatic rings. The molecule has 0 atom stereocenters. The van der Waals surface area contributed by atoms with Gasteiger partial charge in [0.05, 0.1) is 33.8 Å². The van der Waals surface area contributed by atoms with E-state index >= 15 is 0 Å². The first kappa shape index (κ1) is 74.8. The standard InChI is InChI=1S/C108H104BN5S/c1-103(2,3)71-47-53-77(54-48-71)110(79-39-31-37-73(61-79)105(7,8)9)81-57-58-88-93(65-81)113(89-44-28-25-41-83(89)69-33-21-19-22-34-69)95-66-82(112-91-59-51-75(107(13,14)15)63-86(91)87-64-76(108(16,17)18)52-60-92(87)112)67-96-100(95)109(88)101-97(114(96)90-45-29-26-42-84(90)70-35-23-20-24-36-70)68-94(99-85-43-27-30-46-98(85)115-102(99)101)111(78-55-49-72(50-56-78)104(4,5)6)80-40-32-38-74(62-80)106(10,11)12/h19-68H,1-18H3. The van der Waals surface area contributed by atoms with E-state index in [9.17, 15) is 0 Å². The lowest BCUT2D eigenvalue weighted by atomic mass is 9.33. The minimum Gasteiger partial charge on any atom is -0.311 e. The number of para-hydroxylation sites is 2. The molecule has 0 saturated heterocycles. The van der Waals surface area contributed by atoms with Gasteiger partial charge in [-0.15, -0.1) is 11.3 Å². The number of fused-ring (bicyclic) bond motifs is 11. The van der Waals surface area contributed by atoms with Crippen LogP contribution in [-0.2, 0) is 32.5 Å². The van der Waals surface area contributed by atoms with Gasteiger partial charge in [-0.1, -0.05) is 307 Å². The summed E-state index contributed by atoms with van der Waals surface area (Å²) in [7, 11) is 0. The second kappa shape index (κ2) is 27.6. The maximum Gasteiger partial charge on any atom is 0.254 e. The third-order valence-electron chi connectivity index (χ3n) is 24.3. The number of aromatic nitrogens is 1. The van der Waals surface area contributed by atoms with Crippen LogP contribution >= 0.6 is 11.3 Å². The second-order valence-electron chi connectivity index (χ2n) is 38.3. The van der Waals surface area contributed by atoms with Crippen LogP contribution in [0.4, 0.5) is 68.2 Å². The fourth-order valence-corrected chi connectivity index (χ4v) is 19.2. The Hall–Kier alpha value is -11.6. The molecular formula is C108H104BN5S. The molecular weight excluding hydrogens is 1410 g/mol. The van der Waals surface area contributed by atoms with Gasteiger partial charge >= 0.3 is 0 Å². The lowest BCUT2D eigenvalue weighted by Crippen LogP contribution is -2.61. The molecule has 0 unspecified atom stereocenters. The van der Waals surface area contributed by atoms with E-state index in [2.05, 4.69) is 452 Å². The Morgan fingerprint density at radius 1 is 0.278 bits per heavy atom. The van der Waals surface area contributed by atoms with Gasteiger partial charge in [0.1, 0.15) is 0 Å². The van der Waals surface area contributed by atoms with Crippen molar-refractivity contribution in [3.63, 3.8) is 0 Å². The Morgan fingerprint density at radius 3 is 1.17 bits per heavy atom. The van der Waals surface area contributed by atoms with Crippen molar-refractivity contribution in [2.75, 3.05) is 19.6 Å². The molecule has 0 radical (unpaired) electrons. The van der Waals surface area contributed by atoms with E-state index in [1.807, 2.05) is 11.3 Å². The minimum atomic E-state index is -0.322. The van der Waals surface area contributed by atoms with E-state index in [-0.39, 0.29) is 39.2 Å². The summed E-state index contributed by atoms with van der Waals surface area (Å²) < 4.78 is 5.10. The van der Waals surface area contributed by atoms with Gasteiger partial charge in [0.25, 0.3) is 6.71 Å². The Bertz CT molecular complexity index is 6390. The Morgan fingerprint density at radius 2 is 0.678 bits per heavy atom. The van der Waals surface area contributed by atoms with Crippen LogP contribution < -0.4 is 36.0 Å². The first-order valence-electron chi connectivity index (χ1n) is 41.2. The fourth-order valence-electron chi connectivity index (χ4n) is 17.9. The highest BCUT2D eigenvalue weighted by Crippen LogP contribution is 2.56. The summed E-state index contributed by atoms with van der Waals surface area (Å²) in [5.41, 5.74) is 32.0. The summed E-state index contributed by atoms with van der Waals surface area (Å²) >= 11 is 1.94. The van der Waals surface area contributed by atoms with Crippen LogP contribution in [0.2, 0.25) is 0 Å². The van der Waals surface area contributed by atoms with Gasteiger partial charge in [-0.25, -0.2) is 0 Å². The molecule has 115 heavy (non-hydrogen) atoms. The lowest BCUT2D eigenvalue weighted by Gasteiger charge is -2.46. The van der Waals surface area contributed by atoms with Gasteiger partial charge in [-0.3, -0.25) is 0 Å². The number of anilines is 12. The second-order valence-corrected chi connectivity index (χ2v) is 39.4. The molecule has 0 spiro atoms. The van der Waals surface area contributed by atoms with Crippen LogP contribution in [0.15, 0.2) is 303 Å². The fraction of sp³-hybridized carbons (Fsp3) is 0.222. The van der Waals surface area contributed by atoms with E-state index < -0.39 is 0 Å². The van der Waals surface area contributed by atoms with Crippen molar-refractivity contribution in [3.8, 4) is 27.9 Å². The predicted molar refractivity (Wildman–Crippen MR) is 500 cm³/mol. The highest BCUT2D eigenvalue weighted by Gasteiger charge is 2.47. The Balaban J connectivity index is 1.04. The van der Waals surface area contributed by atoms with Gasteiger partial charge in [-0.2, -0.15) is 0 Å². The lowest BCUT2D eigenvalue weighted by molar-refractivity contribution is 0.590. The highest BCUT2D eigenvalue weighted by atomic mass is 32.1. The zero-order valence-electron chi connectivity index (χ0n) is 70.1. The predicted octanol–water partition coefficient (Wildman–Crippen LogP) is 29.3. The SMILES string of the molecule is CC(C)(C)c1ccc(N(c2cccc(C(C)(C)C)c2)c2ccc3c(c2)N(c2ccccc2-c2ccccc2)c2cc(-n4c5ccc(C(C)(C)C)cc5c5cc(C(C)(C)C)ccc54)cc4c2B3c2c(cc(N(c3ccc(C(C)(C)C)cc3)c3cccc(C(C)(C)C)c3)c3c2sc2ccccc23)N4c2ccccc2-c2ccccc2)cc1. The monoisotopic (exact) mass is 1510 g/mol. The van der Waals surface area contributed by atoms with Crippen LogP contribution in [0.25, 0.3) is 69.9 Å². The number of benzene rings is 14. The molecule has 0 saturated carbocycles. The van der Waals surface area contributed by atoms with Crippen LogP contribution in [0.3, 0.4) is 0 Å². The summed E-state index contributed by atoms with van der Waals surface area (Å²) in [5.74, 6) is 0. The summed E-state index contributed by atoms with van der Waals surface area (Å²) in [6.07, 6.45) is 0. The summed E-state index contributed by atoms with van der Waals surface area (Å²) in [6.45, 7) is 41.6. The zero-order valence-corrected chi connectivity index (χ0v) is 70.9. The quantitative estimate of drug-likeness (QED) is 0.120. The number of rotatable bonds is 11. The van der Waals surface area contributed by atoms with E-state index in [1.54, 1.807) is 0 Å². The van der Waals surface area contributed by atoms with Crippen molar-refractivity contribution >= 4 is 145 Å². The smallest absolute Gasteiger partial charge is 0.254 e. The molecule has 7 heteroatoms. The van der Waals surface area contributed by atoms with Gasteiger partial charge in [0.2, 0.25) is 0 Å².